The van der Waals surface area contributed by atoms with Crippen LogP contribution in [0.3, 0.4) is 0 Å². The fourth-order valence-corrected chi connectivity index (χ4v) is 3.96. The van der Waals surface area contributed by atoms with Gasteiger partial charge in [0.05, 0.1) is 24.5 Å². The summed E-state index contributed by atoms with van der Waals surface area (Å²) in [5.74, 6) is 0.322. The molecule has 2 aromatic rings. The van der Waals surface area contributed by atoms with Crippen molar-refractivity contribution < 1.29 is 14.7 Å². The number of hydrogen-bond acceptors (Lipinski definition) is 4. The third-order valence-corrected chi connectivity index (χ3v) is 5.56. The Labute approximate surface area is 164 Å². The number of hydrogen-bond donors (Lipinski definition) is 1. The van der Waals surface area contributed by atoms with Crippen molar-refractivity contribution in [3.8, 4) is 0 Å². The van der Waals surface area contributed by atoms with Crippen LogP contribution in [0.15, 0.2) is 36.4 Å². The minimum atomic E-state index is -0.763. The van der Waals surface area contributed by atoms with Crippen molar-refractivity contribution >= 4 is 11.8 Å². The van der Waals surface area contributed by atoms with Gasteiger partial charge in [0.15, 0.2) is 0 Å². The predicted octanol–water partition coefficient (Wildman–Crippen LogP) is 1.71. The molecule has 4 rings (SSSR count). The van der Waals surface area contributed by atoms with Crippen LogP contribution in [0.5, 0.6) is 0 Å². The first-order chi connectivity index (χ1) is 13.6. The van der Waals surface area contributed by atoms with Crippen molar-refractivity contribution in [2.45, 2.75) is 44.9 Å². The van der Waals surface area contributed by atoms with Gasteiger partial charge in [-0.05, 0) is 24.5 Å². The van der Waals surface area contributed by atoms with Gasteiger partial charge in [0, 0.05) is 32.5 Å². The summed E-state index contributed by atoms with van der Waals surface area (Å²) in [7, 11) is 0. The van der Waals surface area contributed by atoms with E-state index >= 15 is 0 Å². The van der Waals surface area contributed by atoms with Gasteiger partial charge < -0.3 is 14.9 Å². The number of benzene rings is 1. The summed E-state index contributed by atoms with van der Waals surface area (Å²) >= 11 is 0. The topological polar surface area (TPSA) is 78.7 Å². The molecular formula is C21H26N4O3. The zero-order valence-corrected chi connectivity index (χ0v) is 16.0. The maximum Gasteiger partial charge on any atom is 0.223 e. The minimum Gasteiger partial charge on any atom is -0.382 e. The molecule has 1 N–H and O–H groups in total. The molecule has 7 heteroatoms. The monoisotopic (exact) mass is 382 g/mol. The summed E-state index contributed by atoms with van der Waals surface area (Å²) in [5, 5.41) is 15.1. The zero-order valence-electron chi connectivity index (χ0n) is 16.0. The van der Waals surface area contributed by atoms with E-state index in [0.29, 0.717) is 51.1 Å². The second-order valence-corrected chi connectivity index (χ2v) is 7.50. The normalized spacial score (nSPS) is 17.7. The summed E-state index contributed by atoms with van der Waals surface area (Å²) in [6, 6.07) is 11.3. The highest BCUT2D eigenvalue weighted by atomic mass is 16.3. The Bertz CT molecular complexity index is 849. The standard InChI is InChI=1S/C21H26N4O3/c26-19-8-4-10-23(19)11-5-9-20(27)24-12-13-25-17(15-24)14-18(22-25)21(28)16-6-2-1-3-7-16/h1-3,6-7,14,21,28H,4-5,8-13,15H2. The summed E-state index contributed by atoms with van der Waals surface area (Å²) in [6.07, 6.45) is 1.97. The molecule has 0 bridgehead atoms. The summed E-state index contributed by atoms with van der Waals surface area (Å²) in [6.45, 7) is 3.26. The Balaban J connectivity index is 1.33. The van der Waals surface area contributed by atoms with E-state index in [1.807, 2.05) is 50.9 Å². The highest BCUT2D eigenvalue weighted by Gasteiger charge is 2.25. The molecule has 2 aliphatic heterocycles. The molecule has 1 saturated heterocycles. The number of fused-ring (bicyclic) bond motifs is 1. The fourth-order valence-electron chi connectivity index (χ4n) is 3.96. The number of amides is 2. The largest absolute Gasteiger partial charge is 0.382 e. The Morgan fingerprint density at radius 3 is 2.75 bits per heavy atom. The molecule has 1 fully saturated rings. The third-order valence-electron chi connectivity index (χ3n) is 5.56. The number of aromatic nitrogens is 2. The summed E-state index contributed by atoms with van der Waals surface area (Å²) < 4.78 is 1.88. The smallest absolute Gasteiger partial charge is 0.223 e. The molecule has 2 amide bonds. The molecule has 0 radical (unpaired) electrons. The quantitative estimate of drug-likeness (QED) is 0.825. The van der Waals surface area contributed by atoms with Gasteiger partial charge in [-0.3, -0.25) is 14.3 Å². The van der Waals surface area contributed by atoms with Crippen LogP contribution in [0.2, 0.25) is 0 Å². The van der Waals surface area contributed by atoms with Crippen LogP contribution in [-0.4, -0.2) is 56.1 Å². The molecule has 2 aliphatic rings. The van der Waals surface area contributed by atoms with Crippen LogP contribution in [-0.2, 0) is 22.7 Å². The number of rotatable bonds is 6. The van der Waals surface area contributed by atoms with Crippen molar-refractivity contribution in [3.63, 3.8) is 0 Å². The molecule has 0 saturated carbocycles. The van der Waals surface area contributed by atoms with Gasteiger partial charge in [0.2, 0.25) is 11.8 Å². The molecule has 0 aliphatic carbocycles. The lowest BCUT2D eigenvalue weighted by atomic mass is 10.1. The predicted molar refractivity (Wildman–Crippen MR) is 103 cm³/mol. The minimum absolute atomic E-state index is 0.115. The molecular weight excluding hydrogens is 356 g/mol. The van der Waals surface area contributed by atoms with Crippen LogP contribution in [0, 0.1) is 0 Å². The maximum absolute atomic E-state index is 12.6. The first-order valence-electron chi connectivity index (χ1n) is 9.97. The summed E-state index contributed by atoms with van der Waals surface area (Å²) in [4.78, 5) is 27.9. The fraction of sp³-hybridized carbons (Fsp3) is 0.476. The van der Waals surface area contributed by atoms with Crippen LogP contribution in [0.25, 0.3) is 0 Å². The van der Waals surface area contributed by atoms with Crippen LogP contribution >= 0.6 is 0 Å². The molecule has 7 nitrogen and oxygen atoms in total. The van der Waals surface area contributed by atoms with E-state index in [1.54, 1.807) is 0 Å². The second kappa shape index (κ2) is 8.14. The molecule has 1 unspecified atom stereocenters. The van der Waals surface area contributed by atoms with E-state index in [4.69, 9.17) is 0 Å². The van der Waals surface area contributed by atoms with E-state index < -0.39 is 6.10 Å². The first-order valence-corrected chi connectivity index (χ1v) is 9.97. The summed E-state index contributed by atoms with van der Waals surface area (Å²) in [5.41, 5.74) is 2.37. The van der Waals surface area contributed by atoms with E-state index in [2.05, 4.69) is 5.10 Å². The number of aliphatic hydroxyl groups excluding tert-OH is 1. The van der Waals surface area contributed by atoms with Gasteiger partial charge >= 0.3 is 0 Å². The molecule has 1 aromatic carbocycles. The van der Waals surface area contributed by atoms with E-state index in [9.17, 15) is 14.7 Å². The van der Waals surface area contributed by atoms with Crippen molar-refractivity contribution in [2.75, 3.05) is 19.6 Å². The number of aliphatic hydroxyl groups is 1. The van der Waals surface area contributed by atoms with Gasteiger partial charge in [0.1, 0.15) is 6.10 Å². The van der Waals surface area contributed by atoms with Crippen molar-refractivity contribution in [3.05, 3.63) is 53.3 Å². The molecule has 28 heavy (non-hydrogen) atoms. The number of carbonyl (C=O) groups excluding carboxylic acids is 2. The lowest BCUT2D eigenvalue weighted by Crippen LogP contribution is -2.38. The highest BCUT2D eigenvalue weighted by Crippen LogP contribution is 2.24. The molecule has 148 valence electrons. The Morgan fingerprint density at radius 2 is 2.00 bits per heavy atom. The van der Waals surface area contributed by atoms with Crippen LogP contribution in [0.1, 0.15) is 48.7 Å². The Hall–Kier alpha value is -2.67. The van der Waals surface area contributed by atoms with E-state index in [-0.39, 0.29) is 11.8 Å². The second-order valence-electron chi connectivity index (χ2n) is 7.50. The van der Waals surface area contributed by atoms with Gasteiger partial charge in [-0.2, -0.15) is 5.10 Å². The Morgan fingerprint density at radius 1 is 1.18 bits per heavy atom. The molecule has 1 atom stereocenters. The van der Waals surface area contributed by atoms with Crippen molar-refractivity contribution in [1.82, 2.24) is 19.6 Å². The van der Waals surface area contributed by atoms with E-state index in [0.717, 1.165) is 24.2 Å². The average molecular weight is 382 g/mol. The maximum atomic E-state index is 12.6. The van der Waals surface area contributed by atoms with Gasteiger partial charge in [-0.15, -0.1) is 0 Å². The third kappa shape index (κ3) is 3.94. The molecule has 3 heterocycles. The van der Waals surface area contributed by atoms with Gasteiger partial charge in [-0.1, -0.05) is 30.3 Å². The highest BCUT2D eigenvalue weighted by molar-refractivity contribution is 5.78. The SMILES string of the molecule is O=C1CCCN1CCCC(=O)N1CCn2nc(C(O)c3ccccc3)cc2C1. The van der Waals surface area contributed by atoms with Gasteiger partial charge in [-0.25, -0.2) is 0 Å². The number of likely N-dealkylation sites (tertiary alicyclic amines) is 1. The van der Waals surface area contributed by atoms with Crippen molar-refractivity contribution in [2.24, 2.45) is 0 Å². The van der Waals surface area contributed by atoms with Crippen molar-refractivity contribution in [1.29, 1.82) is 0 Å². The molecule has 0 spiro atoms. The zero-order chi connectivity index (χ0) is 19.5. The van der Waals surface area contributed by atoms with Crippen LogP contribution in [0.4, 0.5) is 0 Å². The number of nitrogens with zero attached hydrogens (tertiary/aromatic N) is 4. The average Bonchev–Trinajstić information content (AvgIpc) is 3.33. The molecule has 1 aromatic heterocycles. The van der Waals surface area contributed by atoms with Crippen LogP contribution < -0.4 is 0 Å². The first kappa shape index (κ1) is 18.7. The lowest BCUT2D eigenvalue weighted by molar-refractivity contribution is -0.133. The lowest BCUT2D eigenvalue weighted by Gasteiger charge is -2.28. The Kier molecular flexibility index (Phi) is 5.43. The number of carbonyl (C=O) groups is 2. The van der Waals surface area contributed by atoms with E-state index in [1.165, 1.54) is 0 Å². The van der Waals surface area contributed by atoms with Gasteiger partial charge in [0.25, 0.3) is 0 Å².